The van der Waals surface area contributed by atoms with Crippen molar-refractivity contribution in [2.45, 2.75) is 19.9 Å². The first-order valence-corrected chi connectivity index (χ1v) is 8.09. The smallest absolute Gasteiger partial charge is 0.241 e. The summed E-state index contributed by atoms with van der Waals surface area (Å²) in [6.07, 6.45) is 1.17. The van der Waals surface area contributed by atoms with Gasteiger partial charge >= 0.3 is 0 Å². The highest BCUT2D eigenvalue weighted by molar-refractivity contribution is 5.55. The normalized spacial score (nSPS) is 22.2. The molecule has 1 saturated heterocycles. The van der Waals surface area contributed by atoms with Crippen LogP contribution in [0.2, 0.25) is 0 Å². The molecule has 23 heavy (non-hydrogen) atoms. The zero-order chi connectivity index (χ0) is 16.2. The van der Waals surface area contributed by atoms with E-state index in [0.717, 1.165) is 30.9 Å². The Morgan fingerprint density at radius 1 is 1.35 bits per heavy atom. The largest absolute Gasteiger partial charge is 0.497 e. The second-order valence-electron chi connectivity index (χ2n) is 6.24. The molecule has 124 valence electrons. The first-order chi connectivity index (χ1) is 11.2. The van der Waals surface area contributed by atoms with Crippen LogP contribution >= 0.6 is 0 Å². The molecule has 0 amide bonds. The van der Waals surface area contributed by atoms with Gasteiger partial charge in [0.15, 0.2) is 0 Å². The van der Waals surface area contributed by atoms with Crippen molar-refractivity contribution in [1.29, 1.82) is 0 Å². The Hall–Kier alpha value is -1.92. The van der Waals surface area contributed by atoms with Crippen molar-refractivity contribution < 1.29 is 9.26 Å². The van der Waals surface area contributed by atoms with Crippen LogP contribution in [0.1, 0.15) is 19.2 Å². The Bertz CT molecular complexity index is 626. The van der Waals surface area contributed by atoms with Crippen LogP contribution < -0.4 is 10.5 Å². The van der Waals surface area contributed by atoms with Gasteiger partial charge in [-0.15, -0.1) is 0 Å². The molecule has 0 spiro atoms. The highest BCUT2D eigenvalue weighted by Gasteiger charge is 2.26. The molecule has 3 rings (SSSR count). The highest BCUT2D eigenvalue weighted by Crippen LogP contribution is 2.24. The summed E-state index contributed by atoms with van der Waals surface area (Å²) in [7, 11) is 1.65. The molecule has 1 fully saturated rings. The number of methoxy groups -OCH3 is 1. The van der Waals surface area contributed by atoms with E-state index >= 15 is 0 Å². The summed E-state index contributed by atoms with van der Waals surface area (Å²) in [6.45, 7) is 5.75. The molecule has 2 heterocycles. The lowest BCUT2D eigenvalue weighted by atomic mass is 9.87. The first-order valence-electron chi connectivity index (χ1n) is 8.09. The number of nitrogens with zero attached hydrogens (tertiary/aromatic N) is 3. The maximum atomic E-state index is 5.86. The van der Waals surface area contributed by atoms with Gasteiger partial charge in [0.25, 0.3) is 0 Å². The number of benzene rings is 1. The minimum Gasteiger partial charge on any atom is -0.497 e. The van der Waals surface area contributed by atoms with Gasteiger partial charge in [-0.1, -0.05) is 12.1 Å². The van der Waals surface area contributed by atoms with Crippen molar-refractivity contribution in [2.75, 3.05) is 26.7 Å². The molecular formula is C17H24N4O2. The van der Waals surface area contributed by atoms with Crippen LogP contribution in [0, 0.1) is 11.8 Å². The van der Waals surface area contributed by atoms with Crippen LogP contribution in [0.3, 0.4) is 0 Å². The SMILES string of the molecule is COc1ccc(-c2noc(CN3CCC(C)C(CN)C3)n2)cc1. The van der Waals surface area contributed by atoms with E-state index in [9.17, 15) is 0 Å². The Balaban J connectivity index is 1.65. The Morgan fingerprint density at radius 3 is 2.83 bits per heavy atom. The van der Waals surface area contributed by atoms with Gasteiger partial charge in [0.05, 0.1) is 13.7 Å². The van der Waals surface area contributed by atoms with Crippen LogP contribution in [-0.2, 0) is 6.54 Å². The van der Waals surface area contributed by atoms with Gasteiger partial charge in [0.1, 0.15) is 5.75 Å². The predicted molar refractivity (Wildman–Crippen MR) is 87.9 cm³/mol. The fourth-order valence-corrected chi connectivity index (χ4v) is 3.04. The highest BCUT2D eigenvalue weighted by atomic mass is 16.5. The van der Waals surface area contributed by atoms with E-state index in [-0.39, 0.29) is 0 Å². The molecule has 2 aromatic rings. The van der Waals surface area contributed by atoms with E-state index in [1.807, 2.05) is 24.3 Å². The quantitative estimate of drug-likeness (QED) is 0.911. The summed E-state index contributed by atoms with van der Waals surface area (Å²) in [5, 5.41) is 4.08. The van der Waals surface area contributed by atoms with Gasteiger partial charge in [0.2, 0.25) is 11.7 Å². The topological polar surface area (TPSA) is 77.4 Å². The minimum atomic E-state index is 0.549. The van der Waals surface area contributed by atoms with Crippen molar-refractivity contribution >= 4 is 0 Å². The van der Waals surface area contributed by atoms with Gasteiger partial charge < -0.3 is 15.0 Å². The monoisotopic (exact) mass is 316 g/mol. The number of likely N-dealkylation sites (tertiary alicyclic amines) is 1. The number of rotatable bonds is 5. The Kier molecular flexibility index (Phi) is 4.93. The molecule has 1 aromatic heterocycles. The molecule has 6 nitrogen and oxygen atoms in total. The zero-order valence-corrected chi connectivity index (χ0v) is 13.7. The summed E-state index contributed by atoms with van der Waals surface area (Å²) in [6, 6.07) is 7.65. The fourth-order valence-electron chi connectivity index (χ4n) is 3.04. The average molecular weight is 316 g/mol. The van der Waals surface area contributed by atoms with E-state index in [0.29, 0.717) is 30.1 Å². The van der Waals surface area contributed by atoms with Gasteiger partial charge in [-0.3, -0.25) is 4.90 Å². The standard InChI is InChI=1S/C17H24N4O2/c1-12-7-8-21(10-14(12)9-18)11-16-19-17(20-23-16)13-3-5-15(22-2)6-4-13/h3-6,12,14H,7-11,18H2,1-2H3. The van der Waals surface area contributed by atoms with Gasteiger partial charge in [-0.25, -0.2) is 0 Å². The molecule has 6 heteroatoms. The van der Waals surface area contributed by atoms with E-state index in [4.69, 9.17) is 15.0 Å². The van der Waals surface area contributed by atoms with E-state index in [2.05, 4.69) is 22.0 Å². The summed E-state index contributed by atoms with van der Waals surface area (Å²) >= 11 is 0. The molecule has 0 saturated carbocycles. The van der Waals surface area contributed by atoms with Crippen molar-refractivity contribution in [3.63, 3.8) is 0 Å². The minimum absolute atomic E-state index is 0.549. The molecule has 2 N–H and O–H groups in total. The fraction of sp³-hybridized carbons (Fsp3) is 0.529. The number of piperidine rings is 1. The lowest BCUT2D eigenvalue weighted by Crippen LogP contribution is -2.42. The van der Waals surface area contributed by atoms with E-state index < -0.39 is 0 Å². The molecule has 1 aliphatic rings. The van der Waals surface area contributed by atoms with E-state index in [1.54, 1.807) is 7.11 Å². The predicted octanol–water partition coefficient (Wildman–Crippen LogP) is 2.16. The maximum Gasteiger partial charge on any atom is 0.241 e. The molecule has 0 bridgehead atoms. The third kappa shape index (κ3) is 3.71. The van der Waals surface area contributed by atoms with Crippen molar-refractivity contribution in [2.24, 2.45) is 17.6 Å². The average Bonchev–Trinajstić information content (AvgIpc) is 3.05. The first kappa shape index (κ1) is 16.0. The molecule has 0 radical (unpaired) electrons. The Labute approximate surface area is 136 Å². The summed E-state index contributed by atoms with van der Waals surface area (Å²) in [5.74, 6) is 3.32. The Morgan fingerprint density at radius 2 is 2.13 bits per heavy atom. The lowest BCUT2D eigenvalue weighted by molar-refractivity contribution is 0.114. The third-order valence-corrected chi connectivity index (χ3v) is 4.68. The van der Waals surface area contributed by atoms with E-state index in [1.165, 1.54) is 6.42 Å². The number of ether oxygens (including phenoxy) is 1. The van der Waals surface area contributed by atoms with Crippen molar-refractivity contribution in [3.8, 4) is 17.1 Å². The maximum absolute atomic E-state index is 5.86. The van der Waals surface area contributed by atoms with Crippen molar-refractivity contribution in [3.05, 3.63) is 30.2 Å². The molecule has 2 atom stereocenters. The molecule has 2 unspecified atom stereocenters. The van der Waals surface area contributed by atoms with Crippen LogP contribution in [0.5, 0.6) is 5.75 Å². The van der Waals surface area contributed by atoms with Gasteiger partial charge in [-0.2, -0.15) is 4.98 Å². The second kappa shape index (κ2) is 7.10. The summed E-state index contributed by atoms with van der Waals surface area (Å²) in [5.41, 5.74) is 6.79. The van der Waals surface area contributed by atoms with Crippen LogP contribution in [0.15, 0.2) is 28.8 Å². The number of hydrogen-bond acceptors (Lipinski definition) is 6. The second-order valence-corrected chi connectivity index (χ2v) is 6.24. The molecule has 0 aliphatic carbocycles. The number of hydrogen-bond donors (Lipinski definition) is 1. The third-order valence-electron chi connectivity index (χ3n) is 4.68. The van der Waals surface area contributed by atoms with Crippen LogP contribution in [-0.4, -0.2) is 41.8 Å². The zero-order valence-electron chi connectivity index (χ0n) is 13.7. The summed E-state index contributed by atoms with van der Waals surface area (Å²) in [4.78, 5) is 6.86. The summed E-state index contributed by atoms with van der Waals surface area (Å²) < 4.78 is 10.6. The molecular weight excluding hydrogens is 292 g/mol. The van der Waals surface area contributed by atoms with Crippen LogP contribution in [0.25, 0.3) is 11.4 Å². The van der Waals surface area contributed by atoms with Gasteiger partial charge in [-0.05, 0) is 55.6 Å². The number of nitrogens with two attached hydrogens (primary N) is 1. The molecule has 1 aromatic carbocycles. The molecule has 1 aliphatic heterocycles. The van der Waals surface area contributed by atoms with Crippen LogP contribution in [0.4, 0.5) is 0 Å². The van der Waals surface area contributed by atoms with Crippen molar-refractivity contribution in [1.82, 2.24) is 15.0 Å². The van der Waals surface area contributed by atoms with Gasteiger partial charge in [0, 0.05) is 12.1 Å². The number of aromatic nitrogens is 2. The lowest BCUT2D eigenvalue weighted by Gasteiger charge is -2.35.